The standard InChI is InChI=1S/C14H22N2O3S2/c1-14(7-2-8-19-10-14)16-21(17,18)13-6-5-12(20-13)9-15-11-3-4-11/h5-6,11,15-16H,2-4,7-10H2,1H3. The SMILES string of the molecule is CC1(NS(=O)(=O)c2ccc(CNC3CC3)s2)CCCOC1. The lowest BCUT2D eigenvalue weighted by Crippen LogP contribution is -2.51. The highest BCUT2D eigenvalue weighted by Gasteiger charge is 2.33. The molecule has 0 aromatic carbocycles. The fourth-order valence-electron chi connectivity index (χ4n) is 2.52. The molecule has 1 saturated heterocycles. The Morgan fingerprint density at radius 1 is 1.43 bits per heavy atom. The highest BCUT2D eigenvalue weighted by Crippen LogP contribution is 2.27. The minimum atomic E-state index is -3.46. The number of hydrogen-bond donors (Lipinski definition) is 2. The summed E-state index contributed by atoms with van der Waals surface area (Å²) in [5.74, 6) is 0. The van der Waals surface area contributed by atoms with Gasteiger partial charge in [0.05, 0.1) is 12.1 Å². The number of ether oxygens (including phenoxy) is 1. The van der Waals surface area contributed by atoms with Gasteiger partial charge in [-0.2, -0.15) is 0 Å². The van der Waals surface area contributed by atoms with Crippen LogP contribution in [0.2, 0.25) is 0 Å². The van der Waals surface area contributed by atoms with Crippen LogP contribution in [0.3, 0.4) is 0 Å². The minimum absolute atomic E-state index is 0.391. The number of hydrogen-bond acceptors (Lipinski definition) is 5. The van der Waals surface area contributed by atoms with E-state index in [9.17, 15) is 8.42 Å². The van der Waals surface area contributed by atoms with Gasteiger partial charge in [0.2, 0.25) is 0 Å². The molecule has 1 aromatic heterocycles. The maximum atomic E-state index is 12.5. The lowest BCUT2D eigenvalue weighted by atomic mass is 9.97. The van der Waals surface area contributed by atoms with Gasteiger partial charge in [0.25, 0.3) is 10.0 Å². The quantitative estimate of drug-likeness (QED) is 0.835. The van der Waals surface area contributed by atoms with Crippen LogP contribution in [0.4, 0.5) is 0 Å². The van der Waals surface area contributed by atoms with Gasteiger partial charge in [-0.1, -0.05) is 0 Å². The van der Waals surface area contributed by atoms with Crippen molar-refractivity contribution in [2.45, 2.75) is 54.9 Å². The number of thiophene rings is 1. The summed E-state index contributed by atoms with van der Waals surface area (Å²) in [5, 5.41) is 3.40. The van der Waals surface area contributed by atoms with E-state index in [0.717, 1.165) is 24.3 Å². The molecule has 2 fully saturated rings. The van der Waals surface area contributed by atoms with E-state index in [-0.39, 0.29) is 0 Å². The highest BCUT2D eigenvalue weighted by molar-refractivity contribution is 7.91. The predicted octanol–water partition coefficient (Wildman–Crippen LogP) is 1.85. The number of sulfonamides is 1. The third-order valence-corrected chi connectivity index (χ3v) is 7.08. The lowest BCUT2D eigenvalue weighted by molar-refractivity contribution is 0.0387. The van der Waals surface area contributed by atoms with E-state index in [1.807, 2.05) is 13.0 Å². The van der Waals surface area contributed by atoms with Crippen molar-refractivity contribution in [3.05, 3.63) is 17.0 Å². The summed E-state index contributed by atoms with van der Waals surface area (Å²) in [6, 6.07) is 4.22. The fourth-order valence-corrected chi connectivity index (χ4v) is 5.25. The number of nitrogens with one attached hydrogen (secondary N) is 2. The third kappa shape index (κ3) is 4.04. The van der Waals surface area contributed by atoms with E-state index in [0.29, 0.717) is 23.5 Å². The van der Waals surface area contributed by atoms with E-state index in [4.69, 9.17) is 4.74 Å². The molecule has 2 heterocycles. The van der Waals surface area contributed by atoms with E-state index in [2.05, 4.69) is 10.0 Å². The van der Waals surface area contributed by atoms with Gasteiger partial charge in [-0.25, -0.2) is 13.1 Å². The topological polar surface area (TPSA) is 67.4 Å². The average Bonchev–Trinajstić information content (AvgIpc) is 3.12. The van der Waals surface area contributed by atoms with Crippen LogP contribution < -0.4 is 10.0 Å². The monoisotopic (exact) mass is 330 g/mol. The zero-order chi connectivity index (χ0) is 14.9. The summed E-state index contributed by atoms with van der Waals surface area (Å²) in [7, 11) is -3.46. The summed E-state index contributed by atoms with van der Waals surface area (Å²) in [6.45, 7) is 3.82. The molecule has 1 aliphatic heterocycles. The Bertz CT molecular complexity index is 587. The van der Waals surface area contributed by atoms with Crippen molar-refractivity contribution >= 4 is 21.4 Å². The molecule has 21 heavy (non-hydrogen) atoms. The summed E-state index contributed by atoms with van der Waals surface area (Å²) in [4.78, 5) is 1.06. The Labute approximate surface area is 130 Å². The number of rotatable bonds is 6. The van der Waals surface area contributed by atoms with E-state index in [1.54, 1.807) is 6.07 Å². The maximum Gasteiger partial charge on any atom is 0.250 e. The zero-order valence-corrected chi connectivity index (χ0v) is 13.9. The van der Waals surface area contributed by atoms with Crippen molar-refractivity contribution in [2.75, 3.05) is 13.2 Å². The molecule has 1 atom stereocenters. The first kappa shape index (κ1) is 15.4. The molecule has 5 nitrogen and oxygen atoms in total. The van der Waals surface area contributed by atoms with Crippen molar-refractivity contribution in [2.24, 2.45) is 0 Å². The lowest BCUT2D eigenvalue weighted by Gasteiger charge is -2.33. The maximum absolute atomic E-state index is 12.5. The van der Waals surface area contributed by atoms with Crippen LogP contribution in [-0.2, 0) is 21.3 Å². The molecule has 3 rings (SSSR count). The van der Waals surface area contributed by atoms with E-state index in [1.165, 1.54) is 24.2 Å². The second-order valence-electron chi connectivity index (χ2n) is 6.20. The fraction of sp³-hybridized carbons (Fsp3) is 0.714. The average molecular weight is 330 g/mol. The molecule has 1 aromatic rings. The van der Waals surface area contributed by atoms with Gasteiger partial charge < -0.3 is 10.1 Å². The molecule has 0 spiro atoms. The molecule has 1 unspecified atom stereocenters. The van der Waals surface area contributed by atoms with Crippen molar-refractivity contribution in [1.82, 2.24) is 10.0 Å². The second kappa shape index (κ2) is 5.96. The van der Waals surface area contributed by atoms with Crippen LogP contribution >= 0.6 is 11.3 Å². The van der Waals surface area contributed by atoms with Crippen LogP contribution in [0.5, 0.6) is 0 Å². The summed E-state index contributed by atoms with van der Waals surface area (Å²) in [5.41, 5.74) is -0.493. The van der Waals surface area contributed by atoms with Crippen LogP contribution in [-0.4, -0.2) is 33.2 Å². The molecular formula is C14H22N2O3S2. The first-order chi connectivity index (χ1) is 9.97. The minimum Gasteiger partial charge on any atom is -0.380 e. The predicted molar refractivity (Wildman–Crippen MR) is 83.0 cm³/mol. The van der Waals surface area contributed by atoms with Crippen molar-refractivity contribution < 1.29 is 13.2 Å². The Balaban J connectivity index is 1.65. The van der Waals surface area contributed by atoms with Gasteiger partial charge in [-0.15, -0.1) is 11.3 Å². The normalized spacial score (nSPS) is 26.9. The molecule has 7 heteroatoms. The van der Waals surface area contributed by atoms with Crippen LogP contribution in [0.1, 0.15) is 37.5 Å². The molecular weight excluding hydrogens is 308 g/mol. The third-order valence-electron chi connectivity index (χ3n) is 3.86. The van der Waals surface area contributed by atoms with Gasteiger partial charge >= 0.3 is 0 Å². The van der Waals surface area contributed by atoms with Crippen LogP contribution in [0, 0.1) is 0 Å². The Morgan fingerprint density at radius 3 is 2.90 bits per heavy atom. The first-order valence-corrected chi connectivity index (χ1v) is 9.71. The largest absolute Gasteiger partial charge is 0.380 e. The molecule has 0 amide bonds. The smallest absolute Gasteiger partial charge is 0.250 e. The Hall–Kier alpha value is -0.470. The molecule has 1 aliphatic carbocycles. The zero-order valence-electron chi connectivity index (χ0n) is 12.2. The van der Waals surface area contributed by atoms with Crippen molar-refractivity contribution in [1.29, 1.82) is 0 Å². The molecule has 1 saturated carbocycles. The van der Waals surface area contributed by atoms with Crippen molar-refractivity contribution in [3.63, 3.8) is 0 Å². The van der Waals surface area contributed by atoms with Gasteiger partial charge in [-0.05, 0) is 44.7 Å². The Kier molecular flexibility index (Phi) is 4.38. The molecule has 2 N–H and O–H groups in total. The van der Waals surface area contributed by atoms with Gasteiger partial charge in [-0.3, -0.25) is 0 Å². The van der Waals surface area contributed by atoms with E-state index < -0.39 is 15.6 Å². The highest BCUT2D eigenvalue weighted by atomic mass is 32.2. The van der Waals surface area contributed by atoms with Crippen LogP contribution in [0.25, 0.3) is 0 Å². The van der Waals surface area contributed by atoms with Crippen LogP contribution in [0.15, 0.2) is 16.3 Å². The Morgan fingerprint density at radius 2 is 2.24 bits per heavy atom. The van der Waals surface area contributed by atoms with Gasteiger partial charge in [0.1, 0.15) is 4.21 Å². The van der Waals surface area contributed by atoms with Gasteiger partial charge in [0, 0.05) is 24.1 Å². The van der Waals surface area contributed by atoms with Crippen molar-refractivity contribution in [3.8, 4) is 0 Å². The molecule has 0 bridgehead atoms. The summed E-state index contributed by atoms with van der Waals surface area (Å²) >= 11 is 1.34. The first-order valence-electron chi connectivity index (χ1n) is 7.41. The second-order valence-corrected chi connectivity index (χ2v) is 9.28. The molecule has 0 radical (unpaired) electrons. The molecule has 2 aliphatic rings. The van der Waals surface area contributed by atoms with Gasteiger partial charge in [0.15, 0.2) is 0 Å². The summed E-state index contributed by atoms with van der Waals surface area (Å²) in [6.07, 6.45) is 4.17. The van der Waals surface area contributed by atoms with E-state index >= 15 is 0 Å². The molecule has 118 valence electrons. The summed E-state index contributed by atoms with van der Waals surface area (Å²) < 4.78 is 33.6.